The van der Waals surface area contributed by atoms with Crippen LogP contribution in [0.25, 0.3) is 10.9 Å². The van der Waals surface area contributed by atoms with Crippen molar-refractivity contribution in [1.82, 2.24) is 9.88 Å². The van der Waals surface area contributed by atoms with Gasteiger partial charge in [0.25, 0.3) is 10.0 Å². The number of halogens is 1. The summed E-state index contributed by atoms with van der Waals surface area (Å²) >= 11 is 0. The van der Waals surface area contributed by atoms with Crippen molar-refractivity contribution in [2.24, 2.45) is 5.92 Å². The Balaban J connectivity index is 1.26. The molecule has 1 atom stereocenters. The van der Waals surface area contributed by atoms with E-state index in [-0.39, 0.29) is 22.2 Å². The normalized spacial score (nSPS) is 15.9. The maximum atomic E-state index is 15.0. The number of hydrogen-bond donors (Lipinski definition) is 1. The average Bonchev–Trinajstić information content (AvgIpc) is 2.96. The monoisotopic (exact) mass is 593 g/mol. The Morgan fingerprint density at radius 3 is 2.64 bits per heavy atom. The number of anilines is 1. The summed E-state index contributed by atoms with van der Waals surface area (Å²) in [5.41, 5.74) is 1.28. The van der Waals surface area contributed by atoms with E-state index in [1.165, 1.54) is 31.0 Å². The van der Waals surface area contributed by atoms with E-state index in [2.05, 4.69) is 21.5 Å². The highest BCUT2D eigenvalue weighted by Crippen LogP contribution is 2.34. The molecule has 0 spiro atoms. The van der Waals surface area contributed by atoms with Gasteiger partial charge in [-0.1, -0.05) is 25.1 Å². The lowest BCUT2D eigenvalue weighted by Gasteiger charge is -2.30. The minimum atomic E-state index is -3.88. The quantitative estimate of drug-likeness (QED) is 0.192. The van der Waals surface area contributed by atoms with Gasteiger partial charge in [-0.2, -0.15) is 0 Å². The van der Waals surface area contributed by atoms with Crippen LogP contribution in [0.2, 0.25) is 0 Å². The lowest BCUT2D eigenvalue weighted by Crippen LogP contribution is -2.35. The third-order valence-electron chi connectivity index (χ3n) is 7.35. The summed E-state index contributed by atoms with van der Waals surface area (Å²) in [4.78, 5) is 7.16. The summed E-state index contributed by atoms with van der Waals surface area (Å²) in [6.07, 6.45) is 3.45. The van der Waals surface area contributed by atoms with Crippen molar-refractivity contribution in [3.8, 4) is 23.1 Å². The second kappa shape index (κ2) is 13.0. The molecule has 1 N–H and O–H groups in total. The van der Waals surface area contributed by atoms with Crippen molar-refractivity contribution in [2.45, 2.75) is 38.0 Å². The van der Waals surface area contributed by atoms with Crippen LogP contribution in [-0.4, -0.2) is 51.7 Å². The second-order valence-corrected chi connectivity index (χ2v) is 12.4. The molecule has 222 valence electrons. The van der Waals surface area contributed by atoms with Gasteiger partial charge in [0.2, 0.25) is 5.88 Å². The van der Waals surface area contributed by atoms with Gasteiger partial charge in [-0.3, -0.25) is 4.72 Å². The number of benzene rings is 3. The number of fused-ring (bicyclic) bond motifs is 1. The average molecular weight is 594 g/mol. The minimum Gasteiger partial charge on any atom is -0.493 e. The number of aromatic nitrogens is 1. The number of aryl methyl sites for hydroxylation is 1. The van der Waals surface area contributed by atoms with Gasteiger partial charge in [0.15, 0.2) is 23.1 Å². The Morgan fingerprint density at radius 2 is 1.88 bits per heavy atom. The molecule has 1 aromatic heterocycles. The summed E-state index contributed by atoms with van der Waals surface area (Å²) in [5, 5.41) is 0.815. The van der Waals surface area contributed by atoms with Crippen molar-refractivity contribution < 1.29 is 27.0 Å². The highest BCUT2D eigenvalue weighted by atomic mass is 32.2. The Bertz CT molecular complexity index is 1660. The SMILES string of the molecule is COc1cc2ccc(Oc3ccc(NS(=O)(=O)c4ccccc4C)cc3F)nc2cc1OCCCN1CCCC(C)C1. The number of nitrogens with zero attached hydrogens (tertiary/aromatic N) is 2. The van der Waals surface area contributed by atoms with Crippen molar-refractivity contribution in [1.29, 1.82) is 0 Å². The fourth-order valence-corrected chi connectivity index (χ4v) is 6.53. The van der Waals surface area contributed by atoms with Crippen LogP contribution < -0.4 is 18.9 Å². The number of ether oxygens (including phenoxy) is 3. The van der Waals surface area contributed by atoms with E-state index in [1.54, 1.807) is 44.4 Å². The predicted molar refractivity (Wildman–Crippen MR) is 162 cm³/mol. The van der Waals surface area contributed by atoms with E-state index in [4.69, 9.17) is 14.2 Å². The topological polar surface area (TPSA) is 90.0 Å². The number of hydrogen-bond acceptors (Lipinski definition) is 7. The van der Waals surface area contributed by atoms with E-state index in [9.17, 15) is 12.8 Å². The Hall–Kier alpha value is -3.89. The van der Waals surface area contributed by atoms with Crippen LogP contribution in [0.15, 0.2) is 71.6 Å². The van der Waals surface area contributed by atoms with Crippen LogP contribution in [-0.2, 0) is 10.0 Å². The number of sulfonamides is 1. The summed E-state index contributed by atoms with van der Waals surface area (Å²) in [6.45, 7) is 7.82. The smallest absolute Gasteiger partial charge is 0.262 e. The maximum Gasteiger partial charge on any atom is 0.262 e. The van der Waals surface area contributed by atoms with Crippen molar-refractivity contribution in [3.05, 3.63) is 78.1 Å². The third-order valence-corrected chi connectivity index (χ3v) is 8.89. The van der Waals surface area contributed by atoms with E-state index >= 15 is 0 Å². The highest BCUT2D eigenvalue weighted by Gasteiger charge is 2.18. The fraction of sp³-hybridized carbons (Fsp3) is 0.344. The largest absolute Gasteiger partial charge is 0.493 e. The molecule has 0 bridgehead atoms. The van der Waals surface area contributed by atoms with E-state index < -0.39 is 15.8 Å². The van der Waals surface area contributed by atoms with E-state index in [0.717, 1.165) is 43.4 Å². The predicted octanol–water partition coefficient (Wildman–Crippen LogP) is 6.78. The molecule has 1 aliphatic rings. The van der Waals surface area contributed by atoms with Crippen LogP contribution in [0.1, 0.15) is 31.7 Å². The molecule has 0 amide bonds. The molecule has 1 unspecified atom stereocenters. The molecule has 2 heterocycles. The third kappa shape index (κ3) is 7.11. The van der Waals surface area contributed by atoms with Crippen LogP contribution in [0.5, 0.6) is 23.1 Å². The van der Waals surface area contributed by atoms with Crippen molar-refractivity contribution >= 4 is 26.6 Å². The second-order valence-electron chi connectivity index (χ2n) is 10.7. The minimum absolute atomic E-state index is 0.0817. The fourth-order valence-electron chi connectivity index (χ4n) is 5.23. The first-order chi connectivity index (χ1) is 20.2. The van der Waals surface area contributed by atoms with Crippen LogP contribution in [0, 0.1) is 18.7 Å². The summed E-state index contributed by atoms with van der Waals surface area (Å²) in [5.74, 6) is 1.30. The first kappa shape index (κ1) is 29.6. The molecule has 0 radical (unpaired) electrons. The zero-order valence-corrected chi connectivity index (χ0v) is 24.9. The summed E-state index contributed by atoms with van der Waals surface area (Å²) < 4.78 is 60.3. The van der Waals surface area contributed by atoms with Gasteiger partial charge in [-0.05, 0) is 74.5 Å². The summed E-state index contributed by atoms with van der Waals surface area (Å²) in [7, 11) is -2.28. The van der Waals surface area contributed by atoms with Crippen molar-refractivity contribution in [3.63, 3.8) is 0 Å². The van der Waals surface area contributed by atoms with Gasteiger partial charge in [0, 0.05) is 36.7 Å². The van der Waals surface area contributed by atoms with Gasteiger partial charge in [-0.15, -0.1) is 0 Å². The molecule has 3 aromatic carbocycles. The van der Waals surface area contributed by atoms with Crippen molar-refractivity contribution in [2.75, 3.05) is 38.1 Å². The molecular formula is C32H36FN3O5S. The van der Waals surface area contributed by atoms with Crippen LogP contribution in [0.3, 0.4) is 0 Å². The Labute approximate surface area is 246 Å². The van der Waals surface area contributed by atoms with Gasteiger partial charge in [0.05, 0.1) is 29.8 Å². The molecule has 5 rings (SSSR count). The molecule has 1 saturated heterocycles. The Kier molecular flexibility index (Phi) is 9.13. The molecule has 10 heteroatoms. The number of methoxy groups -OCH3 is 1. The Morgan fingerprint density at radius 1 is 1.05 bits per heavy atom. The number of pyridine rings is 1. The first-order valence-corrected chi connectivity index (χ1v) is 15.6. The lowest BCUT2D eigenvalue weighted by atomic mass is 10.0. The lowest BCUT2D eigenvalue weighted by molar-refractivity contribution is 0.169. The van der Waals surface area contributed by atoms with Gasteiger partial charge < -0.3 is 19.1 Å². The highest BCUT2D eigenvalue weighted by molar-refractivity contribution is 7.92. The van der Waals surface area contributed by atoms with Crippen LogP contribution in [0.4, 0.5) is 10.1 Å². The zero-order valence-electron chi connectivity index (χ0n) is 24.1. The molecule has 1 fully saturated rings. The van der Waals surface area contributed by atoms with Gasteiger partial charge >= 0.3 is 0 Å². The van der Waals surface area contributed by atoms with E-state index in [0.29, 0.717) is 29.2 Å². The van der Waals surface area contributed by atoms with Gasteiger partial charge in [-0.25, -0.2) is 17.8 Å². The number of rotatable bonds is 11. The molecule has 0 saturated carbocycles. The number of nitrogens with one attached hydrogen (secondary N) is 1. The maximum absolute atomic E-state index is 15.0. The number of piperidine rings is 1. The van der Waals surface area contributed by atoms with E-state index in [1.807, 2.05) is 12.1 Å². The molecule has 8 nitrogen and oxygen atoms in total. The first-order valence-electron chi connectivity index (χ1n) is 14.1. The molecular weight excluding hydrogens is 557 g/mol. The molecule has 0 aliphatic carbocycles. The zero-order chi connectivity index (χ0) is 29.7. The standard InChI is InChI=1S/C32H36FN3O5S/c1-22-8-6-15-36(21-22)16-7-17-40-30-20-27-24(18-29(30)39-3)11-14-32(34-27)41-28-13-12-25(19-26(28)33)35-42(37,38)31-10-5-4-9-23(31)2/h4-5,9-14,18-20,22,35H,6-8,15-17,21H2,1-3H3. The molecule has 4 aromatic rings. The molecule has 1 aliphatic heterocycles. The summed E-state index contributed by atoms with van der Waals surface area (Å²) in [6, 6.07) is 17.6. The molecule has 42 heavy (non-hydrogen) atoms. The van der Waals surface area contributed by atoms with Gasteiger partial charge in [0.1, 0.15) is 0 Å². The van der Waals surface area contributed by atoms with Crippen LogP contribution >= 0.6 is 0 Å². The number of likely N-dealkylation sites (tertiary alicyclic amines) is 1.